The lowest BCUT2D eigenvalue weighted by atomic mass is 9.84. The molecule has 0 amide bonds. The van der Waals surface area contributed by atoms with Gasteiger partial charge in [-0.3, -0.25) is 4.79 Å². The van der Waals surface area contributed by atoms with Crippen LogP contribution < -0.4 is 0 Å². The van der Waals surface area contributed by atoms with E-state index in [4.69, 9.17) is 0 Å². The molecule has 1 rings (SSSR count). The summed E-state index contributed by atoms with van der Waals surface area (Å²) in [5, 5.41) is 1.11. The summed E-state index contributed by atoms with van der Waals surface area (Å²) >= 11 is 0. The summed E-state index contributed by atoms with van der Waals surface area (Å²) in [6.45, 7) is 14.9. The molecule has 0 spiro atoms. The first-order chi connectivity index (χ1) is 7.67. The average Bonchev–Trinajstić information content (AvgIpc) is 2.27. The molecular formula is C15H22OSi. The fourth-order valence-electron chi connectivity index (χ4n) is 2.02. The van der Waals surface area contributed by atoms with Gasteiger partial charge in [-0.25, -0.2) is 0 Å². The van der Waals surface area contributed by atoms with Gasteiger partial charge in [0.25, 0.3) is 0 Å². The van der Waals surface area contributed by atoms with Crippen molar-refractivity contribution in [1.82, 2.24) is 0 Å². The van der Waals surface area contributed by atoms with Gasteiger partial charge in [0.05, 0.1) is 8.07 Å². The molecule has 0 bridgehead atoms. The Morgan fingerprint density at radius 2 is 1.59 bits per heavy atom. The smallest absolute Gasteiger partial charge is 0.172 e. The molecule has 0 radical (unpaired) electrons. The molecule has 0 saturated heterocycles. The lowest BCUT2D eigenvalue weighted by Gasteiger charge is -2.33. The van der Waals surface area contributed by atoms with E-state index in [2.05, 4.69) is 26.2 Å². The van der Waals surface area contributed by atoms with Crippen molar-refractivity contribution in [3.05, 3.63) is 47.7 Å². The number of hydrogen-bond donors (Lipinski definition) is 0. The maximum Gasteiger partial charge on any atom is 0.172 e. The minimum Gasteiger partial charge on any atom is -0.293 e. The Morgan fingerprint density at radius 3 is 2.00 bits per heavy atom. The van der Waals surface area contributed by atoms with E-state index in [0.29, 0.717) is 0 Å². The molecule has 0 aliphatic carbocycles. The zero-order valence-corrected chi connectivity index (χ0v) is 12.5. The van der Waals surface area contributed by atoms with Gasteiger partial charge in [0.1, 0.15) is 0 Å². The molecule has 0 heterocycles. The van der Waals surface area contributed by atoms with E-state index in [0.717, 1.165) is 10.8 Å². The second-order valence-corrected chi connectivity index (χ2v) is 11.2. The highest BCUT2D eigenvalue weighted by Gasteiger charge is 2.37. The average molecular weight is 246 g/mol. The van der Waals surface area contributed by atoms with Crippen LogP contribution >= 0.6 is 0 Å². The molecule has 0 fully saturated rings. The van der Waals surface area contributed by atoms with Crippen molar-refractivity contribution in [2.45, 2.75) is 33.5 Å². The van der Waals surface area contributed by atoms with Crippen LogP contribution in [0.1, 0.15) is 24.2 Å². The van der Waals surface area contributed by atoms with Crippen LogP contribution in [-0.4, -0.2) is 13.9 Å². The topological polar surface area (TPSA) is 17.1 Å². The van der Waals surface area contributed by atoms with Gasteiger partial charge in [0, 0.05) is 11.0 Å². The Balaban J connectivity index is 3.08. The number of hydrogen-bond acceptors (Lipinski definition) is 1. The Hall–Kier alpha value is -1.15. The zero-order valence-electron chi connectivity index (χ0n) is 11.5. The van der Waals surface area contributed by atoms with Crippen LogP contribution in [0.3, 0.4) is 0 Å². The first kappa shape index (κ1) is 13.9. The van der Waals surface area contributed by atoms with Crippen molar-refractivity contribution in [2.24, 2.45) is 5.41 Å². The van der Waals surface area contributed by atoms with E-state index in [1.807, 2.05) is 44.2 Å². The second-order valence-electron chi connectivity index (χ2n) is 6.05. The molecule has 92 valence electrons. The van der Waals surface area contributed by atoms with Gasteiger partial charge in [-0.1, -0.05) is 55.2 Å². The number of rotatable bonds is 4. The fraction of sp³-hybridized carbons (Fsp3) is 0.400. The molecular weight excluding hydrogens is 224 g/mol. The Labute approximate surface area is 106 Å². The Kier molecular flexibility index (Phi) is 3.77. The number of carbonyl (C=O) groups excluding carboxylic acids is 1. The summed E-state index contributed by atoms with van der Waals surface area (Å²) in [7, 11) is -1.51. The molecule has 0 aromatic heterocycles. The maximum absolute atomic E-state index is 12.5. The number of benzene rings is 1. The molecule has 1 nitrogen and oxygen atoms in total. The molecule has 1 aromatic rings. The zero-order chi connectivity index (χ0) is 13.3. The number of ketones is 1. The highest BCUT2D eigenvalue weighted by Crippen LogP contribution is 2.35. The van der Waals surface area contributed by atoms with Crippen molar-refractivity contribution in [1.29, 1.82) is 0 Å². The third-order valence-corrected chi connectivity index (χ3v) is 5.70. The van der Waals surface area contributed by atoms with Crippen LogP contribution in [0.15, 0.2) is 42.1 Å². The van der Waals surface area contributed by atoms with E-state index < -0.39 is 13.5 Å². The molecule has 0 aliphatic heterocycles. The van der Waals surface area contributed by atoms with Crippen molar-refractivity contribution in [2.75, 3.05) is 0 Å². The van der Waals surface area contributed by atoms with Crippen LogP contribution in [-0.2, 0) is 0 Å². The van der Waals surface area contributed by atoms with Gasteiger partial charge < -0.3 is 0 Å². The number of Topliss-reactive ketones (excluding diaryl/α,β-unsaturated/α-hetero) is 1. The standard InChI is InChI=1S/C15H22OSi/c1-12(17(4,5)6)15(2,3)14(16)13-10-8-7-9-11-13/h7-11H,1H2,2-6H3. The first-order valence-electron chi connectivity index (χ1n) is 5.97. The van der Waals surface area contributed by atoms with E-state index in [1.165, 1.54) is 0 Å². The van der Waals surface area contributed by atoms with Crippen molar-refractivity contribution in [3.63, 3.8) is 0 Å². The van der Waals surface area contributed by atoms with E-state index in [1.54, 1.807) is 0 Å². The van der Waals surface area contributed by atoms with Gasteiger partial charge in [-0.15, -0.1) is 6.58 Å². The predicted molar refractivity (Wildman–Crippen MR) is 77.0 cm³/mol. The van der Waals surface area contributed by atoms with Crippen molar-refractivity contribution < 1.29 is 4.79 Å². The lowest BCUT2D eigenvalue weighted by molar-refractivity contribution is 0.0881. The molecule has 0 saturated carbocycles. The maximum atomic E-state index is 12.5. The third-order valence-electron chi connectivity index (χ3n) is 3.26. The highest BCUT2D eigenvalue weighted by molar-refractivity contribution is 6.83. The van der Waals surface area contributed by atoms with Crippen LogP contribution in [0.5, 0.6) is 0 Å². The monoisotopic (exact) mass is 246 g/mol. The molecule has 0 N–H and O–H groups in total. The summed E-state index contributed by atoms with van der Waals surface area (Å²) in [5.41, 5.74) is 0.308. The summed E-state index contributed by atoms with van der Waals surface area (Å²) in [4.78, 5) is 12.5. The summed E-state index contributed by atoms with van der Waals surface area (Å²) in [6, 6.07) is 9.49. The van der Waals surface area contributed by atoms with Crippen LogP contribution in [0.2, 0.25) is 19.6 Å². The van der Waals surface area contributed by atoms with Gasteiger partial charge in [-0.2, -0.15) is 0 Å². The SMILES string of the molecule is C=C(C(C)(C)C(=O)c1ccccc1)[Si](C)(C)C. The van der Waals surface area contributed by atoms with E-state index >= 15 is 0 Å². The quantitative estimate of drug-likeness (QED) is 0.571. The minimum absolute atomic E-state index is 0.172. The fourth-order valence-corrected chi connectivity index (χ4v) is 4.01. The first-order valence-corrected chi connectivity index (χ1v) is 9.47. The van der Waals surface area contributed by atoms with Crippen molar-refractivity contribution in [3.8, 4) is 0 Å². The van der Waals surface area contributed by atoms with Gasteiger partial charge in [0.15, 0.2) is 5.78 Å². The third kappa shape index (κ3) is 2.94. The van der Waals surface area contributed by atoms with Crippen LogP contribution in [0.4, 0.5) is 0 Å². The van der Waals surface area contributed by atoms with E-state index in [9.17, 15) is 4.79 Å². The second kappa shape index (κ2) is 4.61. The Morgan fingerprint density at radius 1 is 1.12 bits per heavy atom. The van der Waals surface area contributed by atoms with E-state index in [-0.39, 0.29) is 5.78 Å². The molecule has 0 atom stereocenters. The highest BCUT2D eigenvalue weighted by atomic mass is 28.3. The predicted octanol–water partition coefficient (Wildman–Crippen LogP) is 4.33. The van der Waals surface area contributed by atoms with Gasteiger partial charge >= 0.3 is 0 Å². The molecule has 2 heteroatoms. The summed E-state index contributed by atoms with van der Waals surface area (Å²) in [6.07, 6.45) is 0. The Bertz CT molecular complexity index is 424. The van der Waals surface area contributed by atoms with Crippen molar-refractivity contribution >= 4 is 13.9 Å². The molecule has 0 unspecified atom stereocenters. The van der Waals surface area contributed by atoms with Gasteiger partial charge in [-0.05, 0) is 13.8 Å². The van der Waals surface area contributed by atoms with Gasteiger partial charge in [0.2, 0.25) is 0 Å². The number of allylic oxidation sites excluding steroid dienone is 1. The number of carbonyl (C=O) groups is 1. The molecule has 1 aromatic carbocycles. The summed E-state index contributed by atoms with van der Waals surface area (Å²) in [5.74, 6) is 0.172. The van der Waals surface area contributed by atoms with Crippen LogP contribution in [0, 0.1) is 5.41 Å². The lowest BCUT2D eigenvalue weighted by Crippen LogP contribution is -2.38. The largest absolute Gasteiger partial charge is 0.293 e. The summed E-state index contributed by atoms with van der Waals surface area (Å²) < 4.78 is 0. The van der Waals surface area contributed by atoms with Crippen LogP contribution in [0.25, 0.3) is 0 Å². The minimum atomic E-state index is -1.51. The molecule has 17 heavy (non-hydrogen) atoms. The normalized spacial score (nSPS) is 12.3. The molecule has 0 aliphatic rings.